The third-order valence-corrected chi connectivity index (χ3v) is 5.08. The summed E-state index contributed by atoms with van der Waals surface area (Å²) in [6.07, 6.45) is 1.80. The molecule has 0 bridgehead atoms. The van der Waals surface area contributed by atoms with Gasteiger partial charge >= 0.3 is 0 Å². The Kier molecular flexibility index (Phi) is 4.50. The van der Waals surface area contributed by atoms with Crippen molar-refractivity contribution in [3.8, 4) is 0 Å². The molecule has 126 valence electrons. The summed E-state index contributed by atoms with van der Waals surface area (Å²) in [7, 11) is 0. The first-order chi connectivity index (χ1) is 11.8. The Labute approximate surface area is 142 Å². The fourth-order valence-electron chi connectivity index (χ4n) is 3.71. The Balaban J connectivity index is 1.38. The van der Waals surface area contributed by atoms with E-state index in [4.69, 9.17) is 4.74 Å². The maximum Gasteiger partial charge on any atom is 0.126 e. The number of ether oxygens (including phenoxy) is 1. The summed E-state index contributed by atoms with van der Waals surface area (Å²) >= 11 is 0. The quantitative estimate of drug-likeness (QED) is 0.931. The zero-order valence-electron chi connectivity index (χ0n) is 13.8. The van der Waals surface area contributed by atoms with Gasteiger partial charge < -0.3 is 15.0 Å². The number of hydrogen-bond acceptors (Lipinski definition) is 3. The molecular formula is C20H23FN2O. The second-order valence-electron chi connectivity index (χ2n) is 6.55. The summed E-state index contributed by atoms with van der Waals surface area (Å²) in [5.41, 5.74) is 4.53. The van der Waals surface area contributed by atoms with E-state index in [1.165, 1.54) is 11.3 Å². The van der Waals surface area contributed by atoms with Gasteiger partial charge in [-0.25, -0.2) is 4.39 Å². The highest BCUT2D eigenvalue weighted by molar-refractivity contribution is 5.48. The molecule has 0 amide bonds. The number of nitrogens with one attached hydrogen (secondary N) is 1. The summed E-state index contributed by atoms with van der Waals surface area (Å²) in [6.45, 7) is 4.34. The Morgan fingerprint density at radius 3 is 2.67 bits per heavy atom. The molecule has 3 nitrogen and oxygen atoms in total. The fourth-order valence-corrected chi connectivity index (χ4v) is 3.71. The van der Waals surface area contributed by atoms with Gasteiger partial charge in [-0.3, -0.25) is 0 Å². The Hall–Kier alpha value is -1.91. The lowest BCUT2D eigenvalue weighted by atomic mass is 10.1. The average Bonchev–Trinajstić information content (AvgIpc) is 3.06. The van der Waals surface area contributed by atoms with Crippen LogP contribution in [0.4, 0.5) is 10.1 Å². The summed E-state index contributed by atoms with van der Waals surface area (Å²) in [6, 6.07) is 14.4. The molecule has 1 heterocycles. The van der Waals surface area contributed by atoms with Crippen LogP contribution in [0.25, 0.3) is 0 Å². The minimum absolute atomic E-state index is 0.0633. The van der Waals surface area contributed by atoms with Gasteiger partial charge in [0.1, 0.15) is 5.82 Å². The maximum absolute atomic E-state index is 13.8. The lowest BCUT2D eigenvalue weighted by Crippen LogP contribution is -2.36. The number of hydrogen-bond donors (Lipinski definition) is 1. The highest BCUT2D eigenvalue weighted by Gasteiger charge is 2.24. The van der Waals surface area contributed by atoms with E-state index in [9.17, 15) is 4.39 Å². The first-order valence-corrected chi connectivity index (χ1v) is 8.73. The van der Waals surface area contributed by atoms with E-state index in [0.717, 1.165) is 56.8 Å². The van der Waals surface area contributed by atoms with E-state index < -0.39 is 0 Å². The third kappa shape index (κ3) is 3.17. The SMILES string of the molecule is Fc1cccc2c1CC[C@H]2NCc1ccc(N2CCOCC2)cc1. The van der Waals surface area contributed by atoms with Gasteiger partial charge in [0.25, 0.3) is 0 Å². The highest BCUT2D eigenvalue weighted by Crippen LogP contribution is 2.32. The number of benzene rings is 2. The van der Waals surface area contributed by atoms with Crippen LogP contribution in [0.15, 0.2) is 42.5 Å². The smallest absolute Gasteiger partial charge is 0.126 e. The molecule has 24 heavy (non-hydrogen) atoms. The number of nitrogens with zero attached hydrogens (tertiary/aromatic N) is 1. The lowest BCUT2D eigenvalue weighted by molar-refractivity contribution is 0.122. The van der Waals surface area contributed by atoms with Crippen molar-refractivity contribution in [2.24, 2.45) is 0 Å². The molecule has 0 saturated carbocycles. The monoisotopic (exact) mass is 326 g/mol. The Morgan fingerprint density at radius 1 is 1.08 bits per heavy atom. The second kappa shape index (κ2) is 6.91. The minimum atomic E-state index is -0.0633. The van der Waals surface area contributed by atoms with Crippen LogP contribution in [0.3, 0.4) is 0 Å². The molecular weight excluding hydrogens is 303 g/mol. The van der Waals surface area contributed by atoms with Gasteiger partial charge in [-0.15, -0.1) is 0 Å². The number of morpholine rings is 1. The van der Waals surface area contributed by atoms with E-state index >= 15 is 0 Å². The van der Waals surface area contributed by atoms with Crippen molar-refractivity contribution in [2.45, 2.75) is 25.4 Å². The van der Waals surface area contributed by atoms with Crippen molar-refractivity contribution < 1.29 is 9.13 Å². The zero-order valence-corrected chi connectivity index (χ0v) is 13.8. The minimum Gasteiger partial charge on any atom is -0.378 e. The molecule has 0 unspecified atom stereocenters. The average molecular weight is 326 g/mol. The van der Waals surface area contributed by atoms with Crippen molar-refractivity contribution in [3.05, 3.63) is 65.0 Å². The van der Waals surface area contributed by atoms with Crippen molar-refractivity contribution in [1.82, 2.24) is 5.32 Å². The van der Waals surface area contributed by atoms with Gasteiger partial charge in [0.15, 0.2) is 0 Å². The van der Waals surface area contributed by atoms with Crippen molar-refractivity contribution >= 4 is 5.69 Å². The van der Waals surface area contributed by atoms with Crippen LogP contribution in [0.5, 0.6) is 0 Å². The van der Waals surface area contributed by atoms with E-state index in [-0.39, 0.29) is 11.9 Å². The van der Waals surface area contributed by atoms with Crippen LogP contribution in [-0.2, 0) is 17.7 Å². The first-order valence-electron chi connectivity index (χ1n) is 8.73. The van der Waals surface area contributed by atoms with Gasteiger partial charge in [-0.2, -0.15) is 0 Å². The van der Waals surface area contributed by atoms with E-state index in [0.29, 0.717) is 0 Å². The molecule has 1 saturated heterocycles. The molecule has 2 aromatic carbocycles. The van der Waals surface area contributed by atoms with Gasteiger partial charge in [-0.1, -0.05) is 24.3 Å². The number of rotatable bonds is 4. The summed E-state index contributed by atoms with van der Waals surface area (Å²) in [5, 5.41) is 3.58. The molecule has 1 atom stereocenters. The molecule has 1 aliphatic heterocycles. The van der Waals surface area contributed by atoms with Gasteiger partial charge in [-0.05, 0) is 47.7 Å². The van der Waals surface area contributed by atoms with Crippen molar-refractivity contribution in [3.63, 3.8) is 0 Å². The fraction of sp³-hybridized carbons (Fsp3) is 0.400. The third-order valence-electron chi connectivity index (χ3n) is 5.08. The standard InChI is InChI=1S/C20H23FN2O/c21-19-3-1-2-18-17(19)8-9-20(18)22-14-15-4-6-16(7-5-15)23-10-12-24-13-11-23/h1-7,20,22H,8-14H2/t20-/m1/s1. The predicted molar refractivity (Wildman–Crippen MR) is 93.8 cm³/mol. The molecule has 0 spiro atoms. The largest absolute Gasteiger partial charge is 0.378 e. The molecule has 2 aliphatic rings. The number of halogens is 1. The summed E-state index contributed by atoms with van der Waals surface area (Å²) in [5.74, 6) is -0.0633. The summed E-state index contributed by atoms with van der Waals surface area (Å²) < 4.78 is 19.2. The molecule has 0 radical (unpaired) electrons. The molecule has 1 N–H and O–H groups in total. The molecule has 2 aromatic rings. The molecule has 4 rings (SSSR count). The molecule has 1 fully saturated rings. The summed E-state index contributed by atoms with van der Waals surface area (Å²) in [4.78, 5) is 2.36. The van der Waals surface area contributed by atoms with Crippen LogP contribution >= 0.6 is 0 Å². The van der Waals surface area contributed by atoms with E-state index in [2.05, 4.69) is 34.5 Å². The molecule has 4 heteroatoms. The van der Waals surface area contributed by atoms with Gasteiger partial charge in [0.05, 0.1) is 13.2 Å². The molecule has 0 aromatic heterocycles. The topological polar surface area (TPSA) is 24.5 Å². The van der Waals surface area contributed by atoms with Gasteiger partial charge in [0.2, 0.25) is 0 Å². The van der Waals surface area contributed by atoms with Crippen molar-refractivity contribution in [2.75, 3.05) is 31.2 Å². The van der Waals surface area contributed by atoms with Crippen LogP contribution in [0.1, 0.15) is 29.2 Å². The normalized spacial score (nSPS) is 20.2. The lowest BCUT2D eigenvalue weighted by Gasteiger charge is -2.29. The van der Waals surface area contributed by atoms with E-state index in [1.807, 2.05) is 12.1 Å². The highest BCUT2D eigenvalue weighted by atomic mass is 19.1. The van der Waals surface area contributed by atoms with Crippen LogP contribution in [0, 0.1) is 5.82 Å². The second-order valence-corrected chi connectivity index (χ2v) is 6.55. The number of anilines is 1. The Bertz CT molecular complexity index is 695. The predicted octanol–water partition coefficient (Wildman–Crippen LogP) is 3.44. The maximum atomic E-state index is 13.8. The van der Waals surface area contributed by atoms with Crippen LogP contribution in [-0.4, -0.2) is 26.3 Å². The van der Waals surface area contributed by atoms with E-state index in [1.54, 1.807) is 6.07 Å². The van der Waals surface area contributed by atoms with Crippen LogP contribution in [0.2, 0.25) is 0 Å². The number of fused-ring (bicyclic) bond motifs is 1. The molecule has 1 aliphatic carbocycles. The zero-order chi connectivity index (χ0) is 16.4. The van der Waals surface area contributed by atoms with Crippen LogP contribution < -0.4 is 10.2 Å². The first kappa shape index (κ1) is 15.6. The van der Waals surface area contributed by atoms with Gasteiger partial charge in [0, 0.05) is 31.4 Å². The van der Waals surface area contributed by atoms with Crippen molar-refractivity contribution in [1.29, 1.82) is 0 Å². The Morgan fingerprint density at radius 2 is 1.88 bits per heavy atom.